The molecule has 0 unspecified atom stereocenters. The van der Waals surface area contributed by atoms with Gasteiger partial charge in [0.25, 0.3) is 5.69 Å². The third kappa shape index (κ3) is 3.43. The van der Waals surface area contributed by atoms with E-state index >= 15 is 0 Å². The van der Waals surface area contributed by atoms with Gasteiger partial charge in [-0.25, -0.2) is 0 Å². The van der Waals surface area contributed by atoms with Crippen molar-refractivity contribution >= 4 is 28.6 Å². The van der Waals surface area contributed by atoms with E-state index in [2.05, 4.69) is 28.6 Å². The topological polar surface area (TPSA) is 75.5 Å². The number of amides is 1. The Hall–Kier alpha value is -2.25. The van der Waals surface area contributed by atoms with Crippen molar-refractivity contribution in [2.24, 2.45) is 0 Å². The fourth-order valence-electron chi connectivity index (χ4n) is 3.25. The summed E-state index contributed by atoms with van der Waals surface area (Å²) in [6, 6.07) is 5.44. The summed E-state index contributed by atoms with van der Waals surface area (Å²) in [5.41, 5.74) is 3.16. The molecule has 7 heteroatoms. The van der Waals surface area contributed by atoms with Crippen LogP contribution in [0.4, 0.5) is 11.4 Å². The normalized spacial score (nSPS) is 17.2. The van der Waals surface area contributed by atoms with Gasteiger partial charge in [0.1, 0.15) is 5.69 Å². The van der Waals surface area contributed by atoms with Gasteiger partial charge in [-0.1, -0.05) is 6.07 Å². The zero-order valence-corrected chi connectivity index (χ0v) is 15.4. The minimum Gasteiger partial charge on any atom is -0.319 e. The van der Waals surface area contributed by atoms with Gasteiger partial charge >= 0.3 is 0 Å². The summed E-state index contributed by atoms with van der Waals surface area (Å²) in [4.78, 5) is 26.8. The molecule has 0 fully saturated rings. The van der Waals surface area contributed by atoms with E-state index in [1.165, 1.54) is 16.5 Å². The number of hydrogen-bond acceptors (Lipinski definition) is 5. The van der Waals surface area contributed by atoms with E-state index in [1.807, 2.05) is 6.92 Å². The Morgan fingerprint density at radius 1 is 1.40 bits per heavy atom. The molecule has 1 aliphatic rings. The van der Waals surface area contributed by atoms with Crippen molar-refractivity contribution in [2.75, 3.05) is 18.4 Å². The molecule has 6 nitrogen and oxygen atoms in total. The van der Waals surface area contributed by atoms with Crippen LogP contribution in [0.3, 0.4) is 0 Å². The number of rotatable bonds is 4. The van der Waals surface area contributed by atoms with E-state index in [4.69, 9.17) is 0 Å². The van der Waals surface area contributed by atoms with Crippen LogP contribution in [0.15, 0.2) is 23.6 Å². The van der Waals surface area contributed by atoms with E-state index in [0.29, 0.717) is 5.69 Å². The Balaban J connectivity index is 1.76. The summed E-state index contributed by atoms with van der Waals surface area (Å²) >= 11 is 1.76. The minimum atomic E-state index is -0.455. The molecule has 2 aromatic rings. The summed E-state index contributed by atoms with van der Waals surface area (Å²) in [7, 11) is 0. The lowest BCUT2D eigenvalue weighted by molar-refractivity contribution is -0.384. The summed E-state index contributed by atoms with van der Waals surface area (Å²) < 4.78 is 0. The lowest BCUT2D eigenvalue weighted by atomic mass is 10.0. The van der Waals surface area contributed by atoms with E-state index in [0.717, 1.165) is 24.1 Å². The number of thiophene rings is 1. The molecule has 0 saturated heterocycles. The molecular weight excluding hydrogens is 338 g/mol. The summed E-state index contributed by atoms with van der Waals surface area (Å²) in [5.74, 6) is -0.220. The number of nitro groups is 1. The van der Waals surface area contributed by atoms with E-state index < -0.39 is 4.92 Å². The quantitative estimate of drug-likeness (QED) is 0.665. The highest BCUT2D eigenvalue weighted by Crippen LogP contribution is 2.33. The van der Waals surface area contributed by atoms with Gasteiger partial charge in [-0.3, -0.25) is 19.8 Å². The average Bonchev–Trinajstić information content (AvgIpc) is 3.04. The Kier molecular flexibility index (Phi) is 4.87. The number of carbonyl (C=O) groups is 1. The van der Waals surface area contributed by atoms with Crippen LogP contribution >= 0.6 is 11.3 Å². The molecule has 2 heterocycles. The average molecular weight is 359 g/mol. The number of fused-ring (bicyclic) bond motifs is 1. The number of anilines is 1. The Morgan fingerprint density at radius 2 is 2.16 bits per heavy atom. The van der Waals surface area contributed by atoms with Crippen molar-refractivity contribution in [3.05, 3.63) is 55.3 Å². The molecule has 0 bridgehead atoms. The second-order valence-electron chi connectivity index (χ2n) is 6.40. The summed E-state index contributed by atoms with van der Waals surface area (Å²) in [6.45, 7) is 6.80. The number of nitrogens with zero attached hydrogens (tertiary/aromatic N) is 2. The number of benzene rings is 1. The first-order valence-electron chi connectivity index (χ1n) is 8.23. The van der Waals surface area contributed by atoms with Gasteiger partial charge in [0.15, 0.2) is 0 Å². The first-order chi connectivity index (χ1) is 11.9. The molecule has 0 saturated carbocycles. The molecule has 1 aromatic carbocycles. The molecule has 25 heavy (non-hydrogen) atoms. The Labute approximate surface area is 150 Å². The van der Waals surface area contributed by atoms with Gasteiger partial charge < -0.3 is 5.32 Å². The second-order valence-corrected chi connectivity index (χ2v) is 7.40. The monoisotopic (exact) mass is 359 g/mol. The molecular formula is C18H21N3O3S. The number of nitro benzene ring substituents is 1. The van der Waals surface area contributed by atoms with Gasteiger partial charge in [0.2, 0.25) is 5.91 Å². The number of nitrogens with one attached hydrogen (secondary N) is 1. The van der Waals surface area contributed by atoms with Crippen LogP contribution in [-0.4, -0.2) is 28.8 Å². The third-order valence-electron chi connectivity index (χ3n) is 4.93. The highest BCUT2D eigenvalue weighted by Gasteiger charge is 2.27. The molecule has 1 amide bonds. The van der Waals surface area contributed by atoms with Crippen LogP contribution in [0.2, 0.25) is 0 Å². The van der Waals surface area contributed by atoms with Gasteiger partial charge in [-0.05, 0) is 55.3 Å². The molecule has 1 aromatic heterocycles. The van der Waals surface area contributed by atoms with Crippen molar-refractivity contribution < 1.29 is 9.72 Å². The van der Waals surface area contributed by atoms with Crippen molar-refractivity contribution in [1.29, 1.82) is 0 Å². The number of hydrogen-bond donors (Lipinski definition) is 1. The van der Waals surface area contributed by atoms with Crippen molar-refractivity contribution in [3.63, 3.8) is 0 Å². The molecule has 0 aliphatic carbocycles. The van der Waals surface area contributed by atoms with Crippen LogP contribution in [0, 0.1) is 24.0 Å². The van der Waals surface area contributed by atoms with Crippen molar-refractivity contribution in [3.8, 4) is 0 Å². The molecule has 0 spiro atoms. The van der Waals surface area contributed by atoms with Crippen LogP contribution in [0.5, 0.6) is 0 Å². The third-order valence-corrected chi connectivity index (χ3v) is 5.92. The maximum atomic E-state index is 12.5. The maximum Gasteiger partial charge on any atom is 0.293 e. The van der Waals surface area contributed by atoms with Crippen molar-refractivity contribution in [1.82, 2.24) is 4.90 Å². The minimum absolute atomic E-state index is 0.0664. The predicted octanol–water partition coefficient (Wildman–Crippen LogP) is 3.83. The van der Waals surface area contributed by atoms with Gasteiger partial charge in [-0.15, -0.1) is 11.3 Å². The number of carbonyl (C=O) groups excluding carboxylic acids is 1. The number of aryl methyl sites for hydroxylation is 1. The predicted molar refractivity (Wildman–Crippen MR) is 99.2 cm³/mol. The zero-order chi connectivity index (χ0) is 18.1. The molecule has 1 atom stereocenters. The highest BCUT2D eigenvalue weighted by atomic mass is 32.1. The lowest BCUT2D eigenvalue weighted by Crippen LogP contribution is -2.39. The fraction of sp³-hybridized carbons (Fsp3) is 0.389. The van der Waals surface area contributed by atoms with Crippen LogP contribution < -0.4 is 5.32 Å². The Morgan fingerprint density at radius 3 is 2.88 bits per heavy atom. The molecule has 1 aliphatic heterocycles. The largest absolute Gasteiger partial charge is 0.319 e. The van der Waals surface area contributed by atoms with Gasteiger partial charge in [-0.2, -0.15) is 0 Å². The lowest BCUT2D eigenvalue weighted by Gasteiger charge is -2.32. The maximum absolute atomic E-state index is 12.5. The summed E-state index contributed by atoms with van der Waals surface area (Å²) in [5, 5.41) is 16.1. The SMILES string of the molecule is Cc1ccc([N+](=O)[O-])c(NC(=O)CN2CCc3sccc3[C@@H]2C)c1C. The van der Waals surface area contributed by atoms with E-state index in [-0.39, 0.29) is 24.2 Å². The van der Waals surface area contributed by atoms with Crippen molar-refractivity contribution in [2.45, 2.75) is 33.2 Å². The molecule has 132 valence electrons. The molecule has 3 rings (SSSR count). The molecule has 0 radical (unpaired) electrons. The van der Waals surface area contributed by atoms with Gasteiger partial charge in [0.05, 0.1) is 11.5 Å². The molecule has 1 N–H and O–H groups in total. The second kappa shape index (κ2) is 6.93. The summed E-state index contributed by atoms with van der Waals surface area (Å²) in [6.07, 6.45) is 0.939. The fourth-order valence-corrected chi connectivity index (χ4v) is 4.22. The smallest absolute Gasteiger partial charge is 0.293 e. The standard InChI is InChI=1S/C18H21N3O3S/c1-11-4-5-15(21(23)24)18(12(11)2)19-17(22)10-20-8-6-16-14(13(20)3)7-9-25-16/h4-5,7,9,13H,6,8,10H2,1-3H3,(H,19,22)/t13-/m0/s1. The van der Waals surface area contributed by atoms with E-state index in [9.17, 15) is 14.9 Å². The van der Waals surface area contributed by atoms with Gasteiger partial charge in [0, 0.05) is 23.5 Å². The highest BCUT2D eigenvalue weighted by molar-refractivity contribution is 7.10. The first-order valence-corrected chi connectivity index (χ1v) is 9.11. The zero-order valence-electron chi connectivity index (χ0n) is 14.5. The Bertz CT molecular complexity index is 831. The first kappa shape index (κ1) is 17.6. The van der Waals surface area contributed by atoms with Crippen LogP contribution in [0.25, 0.3) is 0 Å². The van der Waals surface area contributed by atoms with Crippen LogP contribution in [-0.2, 0) is 11.2 Å². The van der Waals surface area contributed by atoms with E-state index in [1.54, 1.807) is 24.3 Å². The van der Waals surface area contributed by atoms with Crippen LogP contribution in [0.1, 0.15) is 34.5 Å².